The van der Waals surface area contributed by atoms with Crippen LogP contribution in [-0.2, 0) is 9.22 Å². The maximum absolute atomic E-state index is 14.7. The maximum atomic E-state index is 14.7. The minimum atomic E-state index is -2.88. The summed E-state index contributed by atoms with van der Waals surface area (Å²) in [6.45, 7) is 10.9. The number of aliphatic hydroxyl groups excluding tert-OH is 1. The number of amides is 1. The summed E-state index contributed by atoms with van der Waals surface area (Å²) in [5.41, 5.74) is 1.06. The van der Waals surface area contributed by atoms with E-state index in [0.29, 0.717) is 29.5 Å². The monoisotopic (exact) mass is 673 g/mol. The van der Waals surface area contributed by atoms with Gasteiger partial charge in [-0.1, -0.05) is 136 Å². The summed E-state index contributed by atoms with van der Waals surface area (Å²) in [5.74, 6) is -0.178. The van der Waals surface area contributed by atoms with Crippen LogP contribution in [0.2, 0.25) is 15.1 Å². The molecule has 1 amide bonds. The average Bonchev–Trinajstić information content (AvgIpc) is 3.05. The zero-order valence-corrected chi connectivity index (χ0v) is 29.9. The molecule has 1 fully saturated rings. The average molecular weight is 675 g/mol. The highest BCUT2D eigenvalue weighted by molar-refractivity contribution is 6.99. The second-order valence-corrected chi connectivity index (χ2v) is 19.0. The Morgan fingerprint density at radius 3 is 1.96 bits per heavy atom. The van der Waals surface area contributed by atoms with Crippen LogP contribution in [0.4, 0.5) is 0 Å². The van der Waals surface area contributed by atoms with E-state index in [-0.39, 0.29) is 35.6 Å². The van der Waals surface area contributed by atoms with Crippen LogP contribution in [0.3, 0.4) is 0 Å². The Hall–Kier alpha value is -2.93. The van der Waals surface area contributed by atoms with E-state index < -0.39 is 13.7 Å². The lowest BCUT2D eigenvalue weighted by Crippen LogP contribution is -2.68. The van der Waals surface area contributed by atoms with Crippen molar-refractivity contribution in [2.75, 3.05) is 13.2 Å². The molecule has 1 aliphatic rings. The molecule has 0 saturated carbocycles. The summed E-state index contributed by atoms with van der Waals surface area (Å²) in [7, 11) is -2.88. The van der Waals surface area contributed by atoms with Crippen LogP contribution in [0.1, 0.15) is 70.5 Å². The molecule has 7 heteroatoms. The lowest BCUT2D eigenvalue weighted by molar-refractivity contribution is -0.158. The molecule has 4 aromatic carbocycles. The zero-order valence-electron chi connectivity index (χ0n) is 27.4. The van der Waals surface area contributed by atoms with Crippen LogP contribution in [-0.4, -0.2) is 43.5 Å². The number of carbonyl (C=O) groups excluding carboxylic acids is 1. The third-order valence-corrected chi connectivity index (χ3v) is 15.2. The fourth-order valence-electron chi connectivity index (χ4n) is 7.31. The Labute approximate surface area is 285 Å². The molecule has 0 spiro atoms. The standard InChI is InChI=1S/C39H45Cl2NO3Si/c1-6-32(26-45-46(38(2,3)4,33-16-9-7-10-17-33)34-18-11-8-12-19-34)42-36(28-20-22-30(40)23-21-28)35(25-39(5,27-43)37(42)44)29-14-13-15-31(41)24-29/h7-24,32,35-36,43H,6,25-27H2,1-5H3/t32-,35+,36+,39+/m0/s1. The van der Waals surface area contributed by atoms with Crippen LogP contribution >= 0.6 is 23.2 Å². The Bertz CT molecular complexity index is 1570. The van der Waals surface area contributed by atoms with E-state index in [1.54, 1.807) is 0 Å². The lowest BCUT2D eigenvalue weighted by atomic mass is 9.68. The van der Waals surface area contributed by atoms with Crippen LogP contribution in [0.5, 0.6) is 0 Å². The van der Waals surface area contributed by atoms with Gasteiger partial charge < -0.3 is 14.4 Å². The van der Waals surface area contributed by atoms with Gasteiger partial charge in [0.15, 0.2) is 0 Å². The van der Waals surface area contributed by atoms with Gasteiger partial charge in [0, 0.05) is 16.0 Å². The highest BCUT2D eigenvalue weighted by Crippen LogP contribution is 2.51. The number of rotatable bonds is 10. The number of halogens is 2. The van der Waals surface area contributed by atoms with Gasteiger partial charge in [-0.25, -0.2) is 0 Å². The third-order valence-electron chi connectivity index (χ3n) is 9.71. The quantitative estimate of drug-likeness (QED) is 0.172. The molecule has 46 heavy (non-hydrogen) atoms. The molecule has 242 valence electrons. The third kappa shape index (κ3) is 6.58. The normalized spacial score (nSPS) is 21.3. The van der Waals surface area contributed by atoms with Crippen molar-refractivity contribution >= 4 is 47.8 Å². The molecule has 5 rings (SSSR count). The lowest BCUT2D eigenvalue weighted by Gasteiger charge is -2.52. The topological polar surface area (TPSA) is 49.8 Å². The molecule has 0 unspecified atom stereocenters. The largest absolute Gasteiger partial charge is 0.405 e. The van der Waals surface area contributed by atoms with Crippen molar-refractivity contribution in [1.82, 2.24) is 4.90 Å². The van der Waals surface area contributed by atoms with Gasteiger partial charge in [0.1, 0.15) is 0 Å². The van der Waals surface area contributed by atoms with Gasteiger partial charge >= 0.3 is 0 Å². The summed E-state index contributed by atoms with van der Waals surface area (Å²) >= 11 is 12.9. The van der Waals surface area contributed by atoms with Crippen molar-refractivity contribution in [3.63, 3.8) is 0 Å². The molecule has 1 aliphatic heterocycles. The van der Waals surface area contributed by atoms with Crippen molar-refractivity contribution in [2.45, 2.75) is 70.5 Å². The van der Waals surface area contributed by atoms with Gasteiger partial charge in [-0.3, -0.25) is 4.79 Å². The number of piperidine rings is 1. The minimum Gasteiger partial charge on any atom is -0.405 e. The van der Waals surface area contributed by atoms with E-state index in [1.807, 2.05) is 66.4 Å². The molecular weight excluding hydrogens is 629 g/mol. The molecular formula is C39H45Cl2NO3Si. The van der Waals surface area contributed by atoms with Gasteiger partial charge in [-0.15, -0.1) is 0 Å². The molecule has 1 heterocycles. The van der Waals surface area contributed by atoms with Gasteiger partial charge in [0.05, 0.1) is 30.7 Å². The molecule has 4 atom stereocenters. The van der Waals surface area contributed by atoms with Crippen molar-refractivity contribution in [2.24, 2.45) is 5.41 Å². The van der Waals surface area contributed by atoms with E-state index in [4.69, 9.17) is 27.6 Å². The zero-order chi connectivity index (χ0) is 33.1. The summed E-state index contributed by atoms with van der Waals surface area (Å²) in [6, 6.07) is 36.3. The number of benzene rings is 4. The fourth-order valence-corrected chi connectivity index (χ4v) is 12.2. The van der Waals surface area contributed by atoms with Crippen molar-refractivity contribution in [1.29, 1.82) is 0 Å². The second-order valence-electron chi connectivity index (χ2n) is 13.8. The smallest absolute Gasteiger partial charge is 0.261 e. The van der Waals surface area contributed by atoms with E-state index in [9.17, 15) is 9.90 Å². The molecule has 0 aliphatic carbocycles. The van der Waals surface area contributed by atoms with Crippen molar-refractivity contribution in [3.8, 4) is 0 Å². The van der Waals surface area contributed by atoms with Crippen LogP contribution in [0, 0.1) is 5.41 Å². The molecule has 0 aromatic heterocycles. The molecule has 4 nitrogen and oxygen atoms in total. The number of hydrogen-bond acceptors (Lipinski definition) is 3. The highest BCUT2D eigenvalue weighted by atomic mass is 35.5. The number of likely N-dealkylation sites (tertiary alicyclic amines) is 1. The highest BCUT2D eigenvalue weighted by Gasteiger charge is 2.54. The summed E-state index contributed by atoms with van der Waals surface area (Å²) < 4.78 is 7.43. The van der Waals surface area contributed by atoms with E-state index in [0.717, 1.165) is 11.1 Å². The number of nitrogens with zero attached hydrogens (tertiary/aromatic N) is 1. The Balaban J connectivity index is 1.65. The predicted molar refractivity (Wildman–Crippen MR) is 193 cm³/mol. The number of aliphatic hydroxyl groups is 1. The minimum absolute atomic E-state index is 0.0638. The Morgan fingerprint density at radius 1 is 0.870 bits per heavy atom. The van der Waals surface area contributed by atoms with Gasteiger partial charge in [0.25, 0.3) is 8.32 Å². The maximum Gasteiger partial charge on any atom is 0.261 e. The Kier molecular flexibility index (Phi) is 10.5. The molecule has 1 saturated heterocycles. The molecule has 0 radical (unpaired) electrons. The van der Waals surface area contributed by atoms with Gasteiger partial charge in [-0.05, 0) is 70.6 Å². The molecule has 4 aromatic rings. The predicted octanol–water partition coefficient (Wildman–Crippen LogP) is 8.40. The summed E-state index contributed by atoms with van der Waals surface area (Å²) in [6.07, 6.45) is 1.16. The summed E-state index contributed by atoms with van der Waals surface area (Å²) in [5, 5.41) is 14.2. The molecule has 1 N–H and O–H groups in total. The van der Waals surface area contributed by atoms with Crippen LogP contribution < -0.4 is 10.4 Å². The first-order chi connectivity index (χ1) is 21.9. The first-order valence-electron chi connectivity index (χ1n) is 16.1. The van der Waals surface area contributed by atoms with Crippen molar-refractivity contribution in [3.05, 3.63) is 130 Å². The van der Waals surface area contributed by atoms with Crippen molar-refractivity contribution < 1.29 is 14.3 Å². The van der Waals surface area contributed by atoms with Crippen LogP contribution in [0.15, 0.2) is 109 Å². The molecule has 0 bridgehead atoms. The van der Waals surface area contributed by atoms with Gasteiger partial charge in [0.2, 0.25) is 5.91 Å². The van der Waals surface area contributed by atoms with E-state index in [2.05, 4.69) is 82.3 Å². The first kappa shape index (κ1) is 34.4. The Morgan fingerprint density at radius 2 is 1.46 bits per heavy atom. The van der Waals surface area contributed by atoms with Crippen LogP contribution in [0.25, 0.3) is 0 Å². The number of carbonyl (C=O) groups is 1. The summed E-state index contributed by atoms with van der Waals surface area (Å²) in [4.78, 5) is 16.7. The van der Waals surface area contributed by atoms with E-state index >= 15 is 0 Å². The first-order valence-corrected chi connectivity index (χ1v) is 18.8. The van der Waals surface area contributed by atoms with Gasteiger partial charge in [-0.2, -0.15) is 0 Å². The SMILES string of the molecule is CC[C@@H](CO[Si](c1ccccc1)(c1ccccc1)C(C)(C)C)N1C(=O)[C@@](C)(CO)C[C@H](c2cccc(Cl)c2)[C@H]1c1ccc(Cl)cc1. The number of hydrogen-bond donors (Lipinski definition) is 1. The fraction of sp³-hybridized carbons (Fsp3) is 0.359. The van der Waals surface area contributed by atoms with E-state index in [1.165, 1.54) is 10.4 Å². The second kappa shape index (κ2) is 14.0.